The van der Waals surface area contributed by atoms with Crippen molar-refractivity contribution in [2.24, 2.45) is 5.92 Å². The largest absolute Gasteiger partial charge is 0.464 e. The number of rotatable bonds is 5. The zero-order chi connectivity index (χ0) is 14.4. The Bertz CT molecular complexity index is 446. The Labute approximate surface area is 118 Å². The van der Waals surface area contributed by atoms with Gasteiger partial charge in [-0.05, 0) is 37.8 Å². The van der Waals surface area contributed by atoms with Crippen LogP contribution < -0.4 is 5.32 Å². The lowest BCUT2D eigenvalue weighted by Crippen LogP contribution is -2.41. The van der Waals surface area contributed by atoms with Crippen LogP contribution in [0.2, 0.25) is 0 Å². The third-order valence-electron chi connectivity index (χ3n) is 3.46. The zero-order valence-corrected chi connectivity index (χ0v) is 11.6. The molecule has 1 heterocycles. The van der Waals surface area contributed by atoms with E-state index in [0.29, 0.717) is 25.5 Å². The van der Waals surface area contributed by atoms with E-state index in [4.69, 9.17) is 9.47 Å². The number of halogens is 1. The first kappa shape index (κ1) is 14.8. The summed E-state index contributed by atoms with van der Waals surface area (Å²) in [7, 11) is 0. The summed E-state index contributed by atoms with van der Waals surface area (Å²) in [6.45, 7) is 3.33. The van der Waals surface area contributed by atoms with Gasteiger partial charge in [0, 0.05) is 13.2 Å². The average Bonchev–Trinajstić information content (AvgIpc) is 2.47. The summed E-state index contributed by atoms with van der Waals surface area (Å²) >= 11 is 0. The van der Waals surface area contributed by atoms with E-state index in [-0.39, 0.29) is 17.7 Å². The van der Waals surface area contributed by atoms with E-state index in [0.717, 1.165) is 12.8 Å². The molecule has 1 unspecified atom stereocenters. The summed E-state index contributed by atoms with van der Waals surface area (Å²) in [5.41, 5.74) is 0.331. The van der Waals surface area contributed by atoms with Gasteiger partial charge in [0.25, 0.3) is 0 Å². The van der Waals surface area contributed by atoms with Crippen LogP contribution in [0.5, 0.6) is 0 Å². The Morgan fingerprint density at radius 2 is 2.15 bits per heavy atom. The molecule has 0 aliphatic carbocycles. The summed E-state index contributed by atoms with van der Waals surface area (Å²) < 4.78 is 24.1. The first-order chi connectivity index (χ1) is 9.72. The van der Waals surface area contributed by atoms with Gasteiger partial charge in [-0.25, -0.2) is 9.18 Å². The van der Waals surface area contributed by atoms with E-state index in [1.807, 2.05) is 0 Å². The van der Waals surface area contributed by atoms with E-state index in [1.165, 1.54) is 6.07 Å². The second-order valence-electron chi connectivity index (χ2n) is 4.80. The van der Waals surface area contributed by atoms with Gasteiger partial charge in [-0.3, -0.25) is 0 Å². The van der Waals surface area contributed by atoms with Crippen LogP contribution in [0.15, 0.2) is 24.3 Å². The molecule has 0 saturated carbocycles. The van der Waals surface area contributed by atoms with Gasteiger partial charge in [-0.15, -0.1) is 0 Å². The lowest BCUT2D eigenvalue weighted by Gasteiger charge is -2.30. The first-order valence-corrected chi connectivity index (χ1v) is 6.97. The van der Waals surface area contributed by atoms with Crippen molar-refractivity contribution in [3.05, 3.63) is 30.1 Å². The van der Waals surface area contributed by atoms with E-state index in [1.54, 1.807) is 25.1 Å². The monoisotopic (exact) mass is 281 g/mol. The molecular weight excluding hydrogens is 261 g/mol. The molecule has 4 nitrogen and oxygen atoms in total. The molecule has 1 N–H and O–H groups in total. The van der Waals surface area contributed by atoms with E-state index >= 15 is 0 Å². The highest BCUT2D eigenvalue weighted by molar-refractivity contribution is 5.79. The molecule has 0 radical (unpaired) electrons. The lowest BCUT2D eigenvalue weighted by atomic mass is 9.91. The van der Waals surface area contributed by atoms with Gasteiger partial charge in [0.05, 0.1) is 12.3 Å². The maximum atomic E-state index is 13.7. The highest BCUT2D eigenvalue weighted by Crippen LogP contribution is 2.24. The van der Waals surface area contributed by atoms with Crippen molar-refractivity contribution in [1.82, 2.24) is 0 Å². The predicted octanol–water partition coefficient (Wildman–Crippen LogP) is 2.60. The second kappa shape index (κ2) is 7.24. The number of esters is 1. The van der Waals surface area contributed by atoms with Crippen LogP contribution in [0.4, 0.5) is 10.1 Å². The Kier molecular flexibility index (Phi) is 5.35. The molecule has 1 aromatic rings. The van der Waals surface area contributed by atoms with Crippen LogP contribution in [0, 0.1) is 11.7 Å². The number of hydrogen-bond donors (Lipinski definition) is 1. The third kappa shape index (κ3) is 3.70. The van der Waals surface area contributed by atoms with Gasteiger partial charge in [-0.1, -0.05) is 12.1 Å². The van der Waals surface area contributed by atoms with Crippen molar-refractivity contribution in [2.45, 2.75) is 25.8 Å². The molecule has 20 heavy (non-hydrogen) atoms. The Morgan fingerprint density at radius 3 is 2.80 bits per heavy atom. The van der Waals surface area contributed by atoms with Crippen LogP contribution in [-0.4, -0.2) is 31.8 Å². The molecular formula is C15H20FNO3. The van der Waals surface area contributed by atoms with Crippen LogP contribution in [-0.2, 0) is 14.3 Å². The minimum Gasteiger partial charge on any atom is -0.464 e. The van der Waals surface area contributed by atoms with Crippen LogP contribution >= 0.6 is 0 Å². The molecule has 1 saturated heterocycles. The van der Waals surface area contributed by atoms with Gasteiger partial charge < -0.3 is 14.8 Å². The smallest absolute Gasteiger partial charge is 0.328 e. The van der Waals surface area contributed by atoms with Gasteiger partial charge in [-0.2, -0.15) is 0 Å². The maximum absolute atomic E-state index is 13.7. The van der Waals surface area contributed by atoms with Gasteiger partial charge in [0.2, 0.25) is 0 Å². The Morgan fingerprint density at radius 1 is 1.45 bits per heavy atom. The molecule has 1 aliphatic rings. The van der Waals surface area contributed by atoms with Gasteiger partial charge in [0.15, 0.2) is 0 Å². The number of carbonyl (C=O) groups excluding carboxylic acids is 1. The molecule has 0 aromatic heterocycles. The molecule has 1 aromatic carbocycles. The van der Waals surface area contributed by atoms with E-state index in [2.05, 4.69) is 5.32 Å². The third-order valence-corrected chi connectivity index (χ3v) is 3.46. The molecule has 1 atom stereocenters. The molecule has 0 bridgehead atoms. The van der Waals surface area contributed by atoms with Gasteiger partial charge in [0.1, 0.15) is 11.9 Å². The standard InChI is InChI=1S/C15H20FNO3/c1-2-20-15(18)14(11-7-9-19-10-8-11)17-13-6-4-3-5-12(13)16/h3-6,11,14,17H,2,7-10H2,1H3. The quantitative estimate of drug-likeness (QED) is 0.843. The number of nitrogens with one attached hydrogen (secondary N) is 1. The van der Waals surface area contributed by atoms with Crippen LogP contribution in [0.3, 0.4) is 0 Å². The van der Waals surface area contributed by atoms with E-state index in [9.17, 15) is 9.18 Å². The molecule has 1 aliphatic heterocycles. The summed E-state index contributed by atoms with van der Waals surface area (Å²) in [6, 6.07) is 5.82. The molecule has 110 valence electrons. The SMILES string of the molecule is CCOC(=O)C(Nc1ccccc1F)C1CCOCC1. The fraction of sp³-hybridized carbons (Fsp3) is 0.533. The van der Waals surface area contributed by atoms with Crippen molar-refractivity contribution in [2.75, 3.05) is 25.1 Å². The second-order valence-corrected chi connectivity index (χ2v) is 4.80. The number of carbonyl (C=O) groups is 1. The summed E-state index contributed by atoms with van der Waals surface area (Å²) in [5.74, 6) is -0.598. The van der Waals surface area contributed by atoms with Crippen molar-refractivity contribution < 1.29 is 18.7 Å². The lowest BCUT2D eigenvalue weighted by molar-refractivity contribution is -0.146. The Balaban J connectivity index is 2.13. The molecule has 0 spiro atoms. The van der Waals surface area contributed by atoms with Crippen molar-refractivity contribution in [3.8, 4) is 0 Å². The van der Waals surface area contributed by atoms with Crippen molar-refractivity contribution in [3.63, 3.8) is 0 Å². The topological polar surface area (TPSA) is 47.6 Å². The number of benzene rings is 1. The zero-order valence-electron chi connectivity index (χ0n) is 11.6. The van der Waals surface area contributed by atoms with Crippen LogP contribution in [0.1, 0.15) is 19.8 Å². The van der Waals surface area contributed by atoms with Gasteiger partial charge >= 0.3 is 5.97 Å². The number of ether oxygens (including phenoxy) is 2. The first-order valence-electron chi connectivity index (χ1n) is 6.97. The fourth-order valence-electron chi connectivity index (χ4n) is 2.40. The predicted molar refractivity (Wildman–Crippen MR) is 74.0 cm³/mol. The number of hydrogen-bond acceptors (Lipinski definition) is 4. The minimum atomic E-state index is -0.532. The van der Waals surface area contributed by atoms with Crippen molar-refractivity contribution in [1.29, 1.82) is 0 Å². The molecule has 5 heteroatoms. The summed E-state index contributed by atoms with van der Waals surface area (Å²) in [6.07, 6.45) is 1.54. The highest BCUT2D eigenvalue weighted by Gasteiger charge is 2.31. The molecule has 0 amide bonds. The minimum absolute atomic E-state index is 0.0995. The maximum Gasteiger partial charge on any atom is 0.328 e. The van der Waals surface area contributed by atoms with E-state index < -0.39 is 6.04 Å². The average molecular weight is 281 g/mol. The number of para-hydroxylation sites is 1. The highest BCUT2D eigenvalue weighted by atomic mass is 19.1. The molecule has 1 fully saturated rings. The Hall–Kier alpha value is -1.62. The summed E-state index contributed by atoms with van der Waals surface area (Å²) in [5, 5.41) is 3.00. The van der Waals surface area contributed by atoms with Crippen molar-refractivity contribution >= 4 is 11.7 Å². The fourth-order valence-corrected chi connectivity index (χ4v) is 2.40. The summed E-state index contributed by atoms with van der Waals surface area (Å²) in [4.78, 5) is 12.1. The number of anilines is 1. The van der Waals surface area contributed by atoms with Crippen LogP contribution in [0.25, 0.3) is 0 Å². The normalized spacial score (nSPS) is 17.5. The molecule has 2 rings (SSSR count).